The van der Waals surface area contributed by atoms with E-state index in [1.165, 1.54) is 18.6 Å². The molecule has 0 aliphatic heterocycles. The van der Waals surface area contributed by atoms with Crippen LogP contribution in [0, 0.1) is 23.1 Å². The Kier molecular flexibility index (Phi) is 3.83. The molecule has 0 aromatic heterocycles. The molecule has 1 aliphatic rings. The number of nitrogens with two attached hydrogens (primary N) is 1. The van der Waals surface area contributed by atoms with Crippen molar-refractivity contribution in [3.63, 3.8) is 0 Å². The molecule has 1 aliphatic carbocycles. The van der Waals surface area contributed by atoms with E-state index in [1.807, 2.05) is 0 Å². The minimum atomic E-state index is -0.699. The minimum Gasteiger partial charge on any atom is -0.506 e. The summed E-state index contributed by atoms with van der Waals surface area (Å²) in [7, 11) is 0. The second-order valence-electron chi connectivity index (χ2n) is 4.90. The van der Waals surface area contributed by atoms with Gasteiger partial charge in [0, 0.05) is 11.6 Å². The Morgan fingerprint density at radius 1 is 1.33 bits per heavy atom. The fraction of sp³-hybridized carbons (Fsp3) is 0.500. The van der Waals surface area contributed by atoms with Crippen molar-refractivity contribution in [2.45, 2.75) is 38.1 Å². The summed E-state index contributed by atoms with van der Waals surface area (Å²) in [5, 5.41) is 18.8. The fourth-order valence-corrected chi connectivity index (χ4v) is 2.71. The van der Waals surface area contributed by atoms with E-state index in [0.717, 1.165) is 25.7 Å². The van der Waals surface area contributed by atoms with Crippen LogP contribution in [-0.2, 0) is 0 Å². The highest BCUT2D eigenvalue weighted by atomic mass is 19.1. The number of rotatable bonds is 2. The van der Waals surface area contributed by atoms with E-state index in [2.05, 4.69) is 0 Å². The van der Waals surface area contributed by atoms with E-state index in [1.54, 1.807) is 6.07 Å². The number of benzene rings is 1. The number of nitriles is 1. The zero-order valence-electron chi connectivity index (χ0n) is 10.2. The molecule has 0 spiro atoms. The number of phenolic OH excluding ortho intramolecular Hbond substituents is 1. The third-order valence-corrected chi connectivity index (χ3v) is 3.79. The summed E-state index contributed by atoms with van der Waals surface area (Å²) < 4.78 is 13.3. The van der Waals surface area contributed by atoms with Gasteiger partial charge >= 0.3 is 0 Å². The molecule has 3 nitrogen and oxygen atoms in total. The highest BCUT2D eigenvalue weighted by Crippen LogP contribution is 2.37. The zero-order chi connectivity index (χ0) is 13.1. The monoisotopic (exact) mass is 248 g/mol. The van der Waals surface area contributed by atoms with Crippen LogP contribution in [0.5, 0.6) is 5.75 Å². The van der Waals surface area contributed by atoms with E-state index in [0.29, 0.717) is 11.5 Å². The topological polar surface area (TPSA) is 70.0 Å². The minimum absolute atomic E-state index is 0.296. The lowest BCUT2D eigenvalue weighted by Crippen LogP contribution is -2.23. The van der Waals surface area contributed by atoms with Gasteiger partial charge in [0.25, 0.3) is 0 Å². The number of phenols is 1. The Morgan fingerprint density at radius 2 is 2.00 bits per heavy atom. The van der Waals surface area contributed by atoms with Crippen LogP contribution < -0.4 is 5.73 Å². The van der Waals surface area contributed by atoms with E-state index in [4.69, 9.17) is 11.0 Å². The maximum Gasteiger partial charge on any atom is 0.144 e. The molecule has 1 aromatic carbocycles. The van der Waals surface area contributed by atoms with E-state index in [9.17, 15) is 9.50 Å². The fourth-order valence-electron chi connectivity index (χ4n) is 2.71. The van der Waals surface area contributed by atoms with Gasteiger partial charge in [0.2, 0.25) is 0 Å². The molecule has 96 valence electrons. The quantitative estimate of drug-likeness (QED) is 0.845. The third kappa shape index (κ3) is 2.32. The van der Waals surface area contributed by atoms with Crippen molar-refractivity contribution < 1.29 is 9.50 Å². The smallest absolute Gasteiger partial charge is 0.144 e. The van der Waals surface area contributed by atoms with Crippen molar-refractivity contribution in [3.05, 3.63) is 29.1 Å². The molecule has 0 amide bonds. The standard InChI is InChI=1S/C14H17FN2O/c15-12-7-6-10(14(18)11(12)8-16)13(17)9-4-2-1-3-5-9/h6-7,9,13,18H,1-5,17H2/t13-/m0/s1. The Morgan fingerprint density at radius 3 is 2.61 bits per heavy atom. The van der Waals surface area contributed by atoms with Crippen molar-refractivity contribution >= 4 is 0 Å². The summed E-state index contributed by atoms with van der Waals surface area (Å²) in [6, 6.07) is 4.06. The summed E-state index contributed by atoms with van der Waals surface area (Å²) in [4.78, 5) is 0. The average molecular weight is 248 g/mol. The first-order valence-electron chi connectivity index (χ1n) is 6.32. The van der Waals surface area contributed by atoms with Crippen LogP contribution in [0.25, 0.3) is 0 Å². The summed E-state index contributed by atoms with van der Waals surface area (Å²) in [6.07, 6.45) is 5.57. The van der Waals surface area contributed by atoms with Gasteiger partial charge < -0.3 is 10.8 Å². The highest BCUT2D eigenvalue weighted by Gasteiger charge is 2.25. The third-order valence-electron chi connectivity index (χ3n) is 3.79. The van der Waals surface area contributed by atoms with Gasteiger partial charge in [-0.15, -0.1) is 0 Å². The van der Waals surface area contributed by atoms with Crippen molar-refractivity contribution in [2.24, 2.45) is 11.7 Å². The van der Waals surface area contributed by atoms with E-state index in [-0.39, 0.29) is 17.4 Å². The van der Waals surface area contributed by atoms with Crippen LogP contribution in [0.1, 0.15) is 49.3 Å². The number of hydrogen-bond donors (Lipinski definition) is 2. The Labute approximate surface area is 106 Å². The summed E-state index contributed by atoms with van der Waals surface area (Å²) in [5.41, 5.74) is 6.33. The number of halogens is 1. The van der Waals surface area contributed by atoms with Crippen LogP contribution in [0.2, 0.25) is 0 Å². The van der Waals surface area contributed by atoms with Gasteiger partial charge in [0.15, 0.2) is 0 Å². The largest absolute Gasteiger partial charge is 0.506 e. The molecule has 3 N–H and O–H groups in total. The summed E-state index contributed by atoms with van der Waals surface area (Å²) in [6.45, 7) is 0. The van der Waals surface area contributed by atoms with Gasteiger partial charge in [-0.2, -0.15) is 5.26 Å². The van der Waals surface area contributed by atoms with E-state index >= 15 is 0 Å². The van der Waals surface area contributed by atoms with Crippen LogP contribution in [0.4, 0.5) is 4.39 Å². The maximum absolute atomic E-state index is 13.3. The van der Waals surface area contributed by atoms with Crippen molar-refractivity contribution in [1.82, 2.24) is 0 Å². The second kappa shape index (κ2) is 5.36. The Balaban J connectivity index is 2.30. The number of aromatic hydroxyl groups is 1. The molecule has 1 atom stereocenters. The molecule has 1 saturated carbocycles. The van der Waals surface area contributed by atoms with Crippen molar-refractivity contribution in [2.75, 3.05) is 0 Å². The van der Waals surface area contributed by atoms with Gasteiger partial charge in [-0.1, -0.05) is 25.3 Å². The molecule has 0 unspecified atom stereocenters. The SMILES string of the molecule is N#Cc1c(F)ccc([C@@H](N)C2CCCCC2)c1O. The molecule has 0 heterocycles. The van der Waals surface area contributed by atoms with Gasteiger partial charge in [0.1, 0.15) is 23.2 Å². The molecule has 18 heavy (non-hydrogen) atoms. The molecular formula is C14H17FN2O. The van der Waals surface area contributed by atoms with E-state index < -0.39 is 5.82 Å². The number of hydrogen-bond acceptors (Lipinski definition) is 3. The predicted octanol–water partition coefficient (Wildman–Crippen LogP) is 2.98. The van der Waals surface area contributed by atoms with Crippen molar-refractivity contribution in [3.8, 4) is 11.8 Å². The lowest BCUT2D eigenvalue weighted by atomic mass is 9.81. The van der Waals surface area contributed by atoms with Crippen molar-refractivity contribution in [1.29, 1.82) is 5.26 Å². The maximum atomic E-state index is 13.3. The zero-order valence-corrected chi connectivity index (χ0v) is 10.2. The molecule has 0 saturated heterocycles. The molecule has 2 rings (SSSR count). The average Bonchev–Trinajstić information content (AvgIpc) is 2.40. The first-order valence-corrected chi connectivity index (χ1v) is 6.32. The molecule has 4 heteroatoms. The normalized spacial score (nSPS) is 18.3. The van der Waals surface area contributed by atoms with Crippen LogP contribution >= 0.6 is 0 Å². The summed E-state index contributed by atoms with van der Waals surface area (Å²) in [5.74, 6) is -0.688. The highest BCUT2D eigenvalue weighted by molar-refractivity contribution is 5.49. The molecule has 1 aromatic rings. The molecule has 1 fully saturated rings. The lowest BCUT2D eigenvalue weighted by molar-refractivity contribution is 0.302. The first kappa shape index (κ1) is 12.8. The van der Waals surface area contributed by atoms with Crippen LogP contribution in [0.3, 0.4) is 0 Å². The molecule has 0 bridgehead atoms. The Hall–Kier alpha value is -1.60. The lowest BCUT2D eigenvalue weighted by Gasteiger charge is -2.28. The number of nitrogens with zero attached hydrogens (tertiary/aromatic N) is 1. The van der Waals surface area contributed by atoms with Gasteiger partial charge in [-0.25, -0.2) is 4.39 Å². The van der Waals surface area contributed by atoms with Crippen LogP contribution in [-0.4, -0.2) is 5.11 Å². The Bertz CT molecular complexity index is 475. The molecular weight excluding hydrogens is 231 g/mol. The predicted molar refractivity (Wildman–Crippen MR) is 66.3 cm³/mol. The van der Waals surface area contributed by atoms with Gasteiger partial charge in [-0.3, -0.25) is 0 Å². The van der Waals surface area contributed by atoms with Gasteiger partial charge in [-0.05, 0) is 24.8 Å². The second-order valence-corrected chi connectivity index (χ2v) is 4.90. The molecule has 0 radical (unpaired) electrons. The summed E-state index contributed by atoms with van der Waals surface area (Å²) >= 11 is 0. The first-order chi connectivity index (χ1) is 8.65. The van der Waals surface area contributed by atoms with Gasteiger partial charge in [0.05, 0.1) is 0 Å². The van der Waals surface area contributed by atoms with Crippen LogP contribution in [0.15, 0.2) is 12.1 Å².